The minimum absolute atomic E-state index is 0.162. The van der Waals surface area contributed by atoms with E-state index in [1.165, 1.54) is 13.2 Å². The quantitative estimate of drug-likeness (QED) is 0.789. The molecule has 0 unspecified atom stereocenters. The van der Waals surface area contributed by atoms with Crippen molar-refractivity contribution in [2.24, 2.45) is 0 Å². The van der Waals surface area contributed by atoms with Gasteiger partial charge in [-0.15, -0.1) is 0 Å². The molecule has 1 heterocycles. The summed E-state index contributed by atoms with van der Waals surface area (Å²) in [7, 11) is 1.36. The van der Waals surface area contributed by atoms with E-state index in [0.29, 0.717) is 0 Å². The Labute approximate surface area is 92.8 Å². The van der Waals surface area contributed by atoms with Crippen LogP contribution in [0, 0.1) is 14.9 Å². The third kappa shape index (κ3) is 2.09. The first-order chi connectivity index (χ1) is 6.60. The summed E-state index contributed by atoms with van der Waals surface area (Å²) in [6.07, 6.45) is -2.70. The third-order valence-electron chi connectivity index (χ3n) is 1.52. The summed E-state index contributed by atoms with van der Waals surface area (Å²) < 4.78 is 30.0. The van der Waals surface area contributed by atoms with Crippen LogP contribution < -0.4 is 4.74 Å². The van der Waals surface area contributed by atoms with Crippen LogP contribution in [0.3, 0.4) is 0 Å². The number of methoxy groups -OCH3 is 1. The van der Waals surface area contributed by atoms with Crippen molar-refractivity contribution < 1.29 is 13.5 Å². The summed E-state index contributed by atoms with van der Waals surface area (Å²) >= 11 is 1.72. The molecule has 0 saturated carbocycles. The molecule has 0 spiro atoms. The van der Waals surface area contributed by atoms with Gasteiger partial charge in [0.15, 0.2) is 5.69 Å². The van der Waals surface area contributed by atoms with Gasteiger partial charge >= 0.3 is 0 Å². The number of hydrogen-bond donors (Lipinski definition) is 0. The second-order valence-electron chi connectivity index (χ2n) is 2.32. The average Bonchev–Trinajstić information content (AvgIpc) is 2.15. The molecule has 0 atom stereocenters. The van der Waals surface area contributed by atoms with Gasteiger partial charge in [-0.1, -0.05) is 0 Å². The van der Waals surface area contributed by atoms with Crippen LogP contribution in [-0.2, 0) is 0 Å². The molecule has 0 aromatic carbocycles. The molecule has 0 aliphatic rings. The van der Waals surface area contributed by atoms with Crippen molar-refractivity contribution in [1.29, 1.82) is 5.26 Å². The number of aromatic nitrogens is 1. The number of pyridine rings is 1. The number of nitrogens with zero attached hydrogens (tertiary/aromatic N) is 2. The summed E-state index contributed by atoms with van der Waals surface area (Å²) in [5.41, 5.74) is -0.627. The topological polar surface area (TPSA) is 45.9 Å². The van der Waals surface area contributed by atoms with Crippen molar-refractivity contribution in [2.45, 2.75) is 6.43 Å². The summed E-state index contributed by atoms with van der Waals surface area (Å²) in [6, 6.07) is 2.98. The number of halogens is 3. The molecule has 0 bridgehead atoms. The number of rotatable bonds is 2. The lowest BCUT2D eigenvalue weighted by Crippen LogP contribution is -2.00. The minimum Gasteiger partial charge on any atom is -0.481 e. The zero-order valence-electron chi connectivity index (χ0n) is 7.09. The van der Waals surface area contributed by atoms with E-state index in [0.717, 1.165) is 0 Å². The van der Waals surface area contributed by atoms with Gasteiger partial charge in [0.1, 0.15) is 6.07 Å². The van der Waals surface area contributed by atoms with Crippen molar-refractivity contribution in [1.82, 2.24) is 4.98 Å². The van der Waals surface area contributed by atoms with Gasteiger partial charge < -0.3 is 4.74 Å². The van der Waals surface area contributed by atoms with Gasteiger partial charge in [-0.25, -0.2) is 13.8 Å². The highest BCUT2D eigenvalue weighted by atomic mass is 127. The number of nitriles is 1. The fraction of sp³-hybridized carbons (Fsp3) is 0.250. The van der Waals surface area contributed by atoms with Crippen LogP contribution in [0.25, 0.3) is 0 Å². The second-order valence-corrected chi connectivity index (χ2v) is 3.48. The molecule has 0 fully saturated rings. The van der Waals surface area contributed by atoms with Crippen molar-refractivity contribution in [2.75, 3.05) is 7.11 Å². The highest BCUT2D eigenvalue weighted by molar-refractivity contribution is 14.1. The van der Waals surface area contributed by atoms with Crippen LogP contribution in [0.15, 0.2) is 6.07 Å². The maximum atomic E-state index is 12.5. The minimum atomic E-state index is -2.70. The Morgan fingerprint density at radius 3 is 2.71 bits per heavy atom. The highest BCUT2D eigenvalue weighted by Crippen LogP contribution is 2.29. The first kappa shape index (κ1) is 11.1. The molecule has 0 amide bonds. The van der Waals surface area contributed by atoms with Crippen molar-refractivity contribution in [3.63, 3.8) is 0 Å². The lowest BCUT2D eigenvalue weighted by Gasteiger charge is -2.06. The van der Waals surface area contributed by atoms with E-state index in [9.17, 15) is 8.78 Å². The van der Waals surface area contributed by atoms with Crippen molar-refractivity contribution >= 4 is 22.6 Å². The molecular formula is C8H5F2IN2O. The summed E-state index contributed by atoms with van der Waals surface area (Å²) in [5.74, 6) is 0.162. The Balaban J connectivity index is 3.37. The van der Waals surface area contributed by atoms with Gasteiger partial charge in [-0.3, -0.25) is 0 Å². The summed E-state index contributed by atoms with van der Waals surface area (Å²) in [5, 5.41) is 8.61. The van der Waals surface area contributed by atoms with Gasteiger partial charge in [0.2, 0.25) is 5.88 Å². The molecule has 0 saturated heterocycles. The number of alkyl halides is 2. The van der Waals surface area contributed by atoms with Crippen LogP contribution in [0.5, 0.6) is 5.88 Å². The molecule has 0 radical (unpaired) electrons. The Hall–Kier alpha value is -0.970. The van der Waals surface area contributed by atoms with E-state index in [1.54, 1.807) is 28.7 Å². The van der Waals surface area contributed by atoms with Crippen LogP contribution in [-0.4, -0.2) is 12.1 Å². The molecule has 74 valence electrons. The first-order valence-electron chi connectivity index (χ1n) is 3.52. The smallest absolute Gasteiger partial charge is 0.267 e. The molecule has 14 heavy (non-hydrogen) atoms. The van der Waals surface area contributed by atoms with Gasteiger partial charge in [0.25, 0.3) is 6.43 Å². The predicted molar refractivity (Wildman–Crippen MR) is 53.2 cm³/mol. The van der Waals surface area contributed by atoms with E-state index >= 15 is 0 Å². The normalized spacial score (nSPS) is 10.0. The first-order valence-corrected chi connectivity index (χ1v) is 4.60. The average molecular weight is 310 g/mol. The van der Waals surface area contributed by atoms with E-state index in [1.807, 2.05) is 0 Å². The van der Waals surface area contributed by atoms with E-state index in [-0.39, 0.29) is 20.7 Å². The summed E-state index contributed by atoms with van der Waals surface area (Å²) in [4.78, 5) is 3.62. The second kappa shape index (κ2) is 4.50. The highest BCUT2D eigenvalue weighted by Gasteiger charge is 2.19. The van der Waals surface area contributed by atoms with Crippen LogP contribution >= 0.6 is 22.6 Å². The molecule has 1 aromatic heterocycles. The largest absolute Gasteiger partial charge is 0.481 e. The van der Waals surface area contributed by atoms with Crippen molar-refractivity contribution in [3.05, 3.63) is 20.9 Å². The van der Waals surface area contributed by atoms with Gasteiger partial charge in [0, 0.05) is 9.64 Å². The zero-order chi connectivity index (χ0) is 10.7. The van der Waals surface area contributed by atoms with Crippen LogP contribution in [0.2, 0.25) is 0 Å². The molecule has 0 N–H and O–H groups in total. The molecule has 3 nitrogen and oxygen atoms in total. The molecule has 0 aliphatic carbocycles. The molecule has 1 aromatic rings. The van der Waals surface area contributed by atoms with Crippen molar-refractivity contribution in [3.8, 4) is 11.9 Å². The van der Waals surface area contributed by atoms with E-state index in [2.05, 4.69) is 4.98 Å². The molecular weight excluding hydrogens is 305 g/mol. The zero-order valence-corrected chi connectivity index (χ0v) is 9.25. The van der Waals surface area contributed by atoms with Gasteiger partial charge in [0.05, 0.1) is 12.7 Å². The predicted octanol–water partition coefficient (Wildman–Crippen LogP) is 2.50. The van der Waals surface area contributed by atoms with Gasteiger partial charge in [-0.05, 0) is 22.6 Å². The molecule has 6 heteroatoms. The Kier molecular flexibility index (Phi) is 3.57. The SMILES string of the molecule is COc1cc(I)c(C(F)F)c(C#N)n1. The van der Waals surface area contributed by atoms with Crippen LogP contribution in [0.4, 0.5) is 8.78 Å². The number of hydrogen-bond acceptors (Lipinski definition) is 3. The fourth-order valence-electron chi connectivity index (χ4n) is 0.899. The Morgan fingerprint density at radius 1 is 1.64 bits per heavy atom. The summed E-state index contributed by atoms with van der Waals surface area (Å²) in [6.45, 7) is 0. The Bertz CT molecular complexity index is 390. The maximum absolute atomic E-state index is 12.5. The van der Waals surface area contributed by atoms with E-state index in [4.69, 9.17) is 10.00 Å². The monoisotopic (exact) mass is 310 g/mol. The van der Waals surface area contributed by atoms with Crippen LogP contribution in [0.1, 0.15) is 17.7 Å². The lowest BCUT2D eigenvalue weighted by molar-refractivity contribution is 0.149. The third-order valence-corrected chi connectivity index (χ3v) is 2.41. The molecule has 0 aliphatic heterocycles. The standard InChI is InChI=1S/C8H5F2IN2O/c1-14-6-2-4(11)7(8(9)10)5(3-12)13-6/h2,8H,1H3. The molecule has 1 rings (SSSR count). The van der Waals surface area contributed by atoms with Gasteiger partial charge in [-0.2, -0.15) is 5.26 Å². The Morgan fingerprint density at radius 2 is 2.29 bits per heavy atom. The maximum Gasteiger partial charge on any atom is 0.267 e. The van der Waals surface area contributed by atoms with E-state index < -0.39 is 6.43 Å². The lowest BCUT2D eigenvalue weighted by atomic mass is 10.2. The number of ether oxygens (including phenoxy) is 1. The fourth-order valence-corrected chi connectivity index (χ4v) is 1.66.